The van der Waals surface area contributed by atoms with Gasteiger partial charge in [0, 0.05) is 23.3 Å². The number of phenolic OH excluding ortho intramolecular Hbond substituents is 1. The van der Waals surface area contributed by atoms with Crippen LogP contribution in [-0.2, 0) is 0 Å². The lowest BCUT2D eigenvalue weighted by atomic mass is 9.95. The van der Waals surface area contributed by atoms with Crippen LogP contribution >= 0.6 is 0 Å². The van der Waals surface area contributed by atoms with Gasteiger partial charge in [-0.05, 0) is 30.7 Å². The molecule has 26 heavy (non-hydrogen) atoms. The van der Waals surface area contributed by atoms with Gasteiger partial charge in [0.25, 0.3) is 0 Å². The summed E-state index contributed by atoms with van der Waals surface area (Å²) in [6.45, 7) is 2.06. The van der Waals surface area contributed by atoms with Gasteiger partial charge in [0.15, 0.2) is 0 Å². The summed E-state index contributed by atoms with van der Waals surface area (Å²) in [7, 11) is 0. The van der Waals surface area contributed by atoms with Gasteiger partial charge >= 0.3 is 0 Å². The van der Waals surface area contributed by atoms with E-state index in [-0.39, 0.29) is 11.8 Å². The van der Waals surface area contributed by atoms with Crippen LogP contribution in [0.4, 0.5) is 5.82 Å². The number of nitrogens with one attached hydrogen (secondary N) is 1. The van der Waals surface area contributed by atoms with Crippen molar-refractivity contribution in [2.24, 2.45) is 0 Å². The Bertz CT molecular complexity index is 1030. The average molecular weight is 341 g/mol. The summed E-state index contributed by atoms with van der Waals surface area (Å²) in [6, 6.07) is 21.5. The molecule has 0 amide bonds. The molecule has 0 aliphatic rings. The number of aromatic nitrogens is 2. The largest absolute Gasteiger partial charge is 0.505 e. The summed E-state index contributed by atoms with van der Waals surface area (Å²) in [5.74, 6) is 0.940. The lowest BCUT2D eigenvalue weighted by Gasteiger charge is -2.22. The van der Waals surface area contributed by atoms with E-state index in [1.54, 1.807) is 12.4 Å². The van der Waals surface area contributed by atoms with Crippen molar-refractivity contribution in [2.45, 2.75) is 13.0 Å². The maximum atomic E-state index is 10.9. The third kappa shape index (κ3) is 3.09. The van der Waals surface area contributed by atoms with Gasteiger partial charge in [-0.2, -0.15) is 0 Å². The first-order valence-electron chi connectivity index (χ1n) is 8.53. The molecular formula is C22H19N3O. The Morgan fingerprint density at radius 2 is 1.65 bits per heavy atom. The van der Waals surface area contributed by atoms with Gasteiger partial charge in [0.2, 0.25) is 0 Å². The summed E-state index contributed by atoms with van der Waals surface area (Å²) in [4.78, 5) is 8.72. The number of pyridine rings is 2. The van der Waals surface area contributed by atoms with Gasteiger partial charge in [-0.1, -0.05) is 54.1 Å². The average Bonchev–Trinajstić information content (AvgIpc) is 2.69. The van der Waals surface area contributed by atoms with Gasteiger partial charge < -0.3 is 10.4 Å². The fourth-order valence-corrected chi connectivity index (χ4v) is 3.07. The molecule has 0 fully saturated rings. The van der Waals surface area contributed by atoms with Crippen molar-refractivity contribution < 1.29 is 5.11 Å². The molecule has 2 aromatic heterocycles. The molecule has 2 aromatic carbocycles. The molecule has 4 nitrogen and oxygen atoms in total. The fraction of sp³-hybridized carbons (Fsp3) is 0.0909. The first kappa shape index (κ1) is 16.1. The Hall–Kier alpha value is -3.40. The van der Waals surface area contributed by atoms with Crippen LogP contribution in [0, 0.1) is 6.92 Å². The normalized spacial score (nSPS) is 12.0. The minimum atomic E-state index is -0.239. The van der Waals surface area contributed by atoms with Crippen molar-refractivity contribution >= 4 is 16.7 Å². The molecule has 4 heteroatoms. The van der Waals surface area contributed by atoms with E-state index in [0.29, 0.717) is 5.52 Å². The van der Waals surface area contributed by atoms with Crippen LogP contribution < -0.4 is 5.32 Å². The van der Waals surface area contributed by atoms with E-state index >= 15 is 0 Å². The fourth-order valence-electron chi connectivity index (χ4n) is 3.07. The summed E-state index contributed by atoms with van der Waals surface area (Å²) < 4.78 is 0. The Balaban J connectivity index is 1.84. The zero-order chi connectivity index (χ0) is 17.9. The topological polar surface area (TPSA) is 58.0 Å². The van der Waals surface area contributed by atoms with Crippen LogP contribution in [0.3, 0.4) is 0 Å². The smallest absolute Gasteiger partial charge is 0.147 e. The van der Waals surface area contributed by atoms with Crippen molar-refractivity contribution in [1.29, 1.82) is 0 Å². The minimum absolute atomic E-state index is 0.192. The molecule has 2 N–H and O–H groups in total. The molecule has 0 aliphatic heterocycles. The standard InChI is InChI=1S/C22H19N3O/c1-15-7-9-17(10-8-15)20(25-19-6-2-3-13-23-19)18-12-11-16-5-4-14-24-21(16)22(18)26/h2-14,20,26H,1H3,(H,23,25)/t20-/m0/s1. The maximum Gasteiger partial charge on any atom is 0.147 e. The summed E-state index contributed by atoms with van der Waals surface area (Å²) >= 11 is 0. The highest BCUT2D eigenvalue weighted by molar-refractivity contribution is 5.86. The lowest BCUT2D eigenvalue weighted by Crippen LogP contribution is -2.13. The summed E-state index contributed by atoms with van der Waals surface area (Å²) in [6.07, 6.45) is 3.44. The Morgan fingerprint density at radius 3 is 2.42 bits per heavy atom. The number of aryl methyl sites for hydroxylation is 1. The second kappa shape index (κ2) is 6.84. The van der Waals surface area contributed by atoms with Crippen molar-refractivity contribution in [3.05, 3.63) is 95.8 Å². The number of aromatic hydroxyl groups is 1. The highest BCUT2D eigenvalue weighted by Gasteiger charge is 2.20. The van der Waals surface area contributed by atoms with Crippen LogP contribution in [0.25, 0.3) is 10.9 Å². The molecule has 0 radical (unpaired) electrons. The van der Waals surface area contributed by atoms with Crippen LogP contribution in [0.5, 0.6) is 5.75 Å². The predicted octanol–water partition coefficient (Wildman–Crippen LogP) is 4.85. The predicted molar refractivity (Wildman–Crippen MR) is 104 cm³/mol. The summed E-state index contributed by atoms with van der Waals surface area (Å²) in [5, 5.41) is 15.2. The van der Waals surface area contributed by atoms with Crippen molar-refractivity contribution in [1.82, 2.24) is 9.97 Å². The number of hydrogen-bond donors (Lipinski definition) is 2. The molecule has 4 aromatic rings. The second-order valence-electron chi connectivity index (χ2n) is 6.28. The molecule has 0 saturated carbocycles. The van der Waals surface area contributed by atoms with E-state index in [4.69, 9.17) is 0 Å². The minimum Gasteiger partial charge on any atom is -0.505 e. The molecular weight excluding hydrogens is 322 g/mol. The summed E-state index contributed by atoms with van der Waals surface area (Å²) in [5.41, 5.74) is 3.61. The first-order chi connectivity index (χ1) is 12.7. The van der Waals surface area contributed by atoms with E-state index in [0.717, 1.165) is 22.3 Å². The first-order valence-corrected chi connectivity index (χ1v) is 8.53. The van der Waals surface area contributed by atoms with E-state index in [1.165, 1.54) is 5.56 Å². The molecule has 2 heterocycles. The van der Waals surface area contributed by atoms with Gasteiger partial charge in [0.1, 0.15) is 17.1 Å². The van der Waals surface area contributed by atoms with Crippen molar-refractivity contribution in [2.75, 3.05) is 5.32 Å². The van der Waals surface area contributed by atoms with Gasteiger partial charge in [-0.25, -0.2) is 4.98 Å². The van der Waals surface area contributed by atoms with Crippen LogP contribution in [-0.4, -0.2) is 15.1 Å². The number of nitrogens with zero attached hydrogens (tertiary/aromatic N) is 2. The Morgan fingerprint density at radius 1 is 0.846 bits per heavy atom. The van der Waals surface area contributed by atoms with E-state index in [9.17, 15) is 5.11 Å². The number of anilines is 1. The molecule has 1 atom stereocenters. The highest BCUT2D eigenvalue weighted by Crippen LogP contribution is 2.36. The van der Waals surface area contributed by atoms with Crippen LogP contribution in [0.2, 0.25) is 0 Å². The quantitative estimate of drug-likeness (QED) is 0.557. The molecule has 4 rings (SSSR count). The molecule has 0 unspecified atom stereocenters. The molecule has 128 valence electrons. The zero-order valence-electron chi connectivity index (χ0n) is 14.4. The Kier molecular flexibility index (Phi) is 4.23. The highest BCUT2D eigenvalue weighted by atomic mass is 16.3. The zero-order valence-corrected chi connectivity index (χ0v) is 14.4. The number of hydrogen-bond acceptors (Lipinski definition) is 4. The van der Waals surface area contributed by atoms with E-state index < -0.39 is 0 Å². The number of benzene rings is 2. The van der Waals surface area contributed by atoms with E-state index in [2.05, 4.69) is 46.5 Å². The molecule has 0 aliphatic carbocycles. The van der Waals surface area contributed by atoms with Gasteiger partial charge in [0.05, 0.1) is 6.04 Å². The van der Waals surface area contributed by atoms with Gasteiger partial charge in [-0.15, -0.1) is 0 Å². The number of phenols is 1. The monoisotopic (exact) mass is 341 g/mol. The second-order valence-corrected chi connectivity index (χ2v) is 6.28. The Labute approximate surface area is 152 Å². The molecule has 0 saturated heterocycles. The van der Waals surface area contributed by atoms with E-state index in [1.807, 2.05) is 42.5 Å². The third-order valence-electron chi connectivity index (χ3n) is 4.46. The lowest BCUT2D eigenvalue weighted by molar-refractivity contribution is 0.471. The van der Waals surface area contributed by atoms with Gasteiger partial charge in [-0.3, -0.25) is 4.98 Å². The van der Waals surface area contributed by atoms with Crippen molar-refractivity contribution in [3.8, 4) is 5.75 Å². The molecule has 0 spiro atoms. The maximum absolute atomic E-state index is 10.9. The molecule has 0 bridgehead atoms. The third-order valence-corrected chi connectivity index (χ3v) is 4.46. The SMILES string of the molecule is Cc1ccc([C@H](Nc2ccccn2)c2ccc3cccnc3c2O)cc1. The number of fused-ring (bicyclic) bond motifs is 1. The number of rotatable bonds is 4. The van der Waals surface area contributed by atoms with Crippen LogP contribution in [0.1, 0.15) is 22.7 Å². The van der Waals surface area contributed by atoms with Crippen molar-refractivity contribution in [3.63, 3.8) is 0 Å². The van der Waals surface area contributed by atoms with Crippen LogP contribution in [0.15, 0.2) is 79.1 Å².